The van der Waals surface area contributed by atoms with Crippen LogP contribution < -0.4 is 4.74 Å². The maximum absolute atomic E-state index is 12.8. The molecule has 1 aliphatic carbocycles. The Labute approximate surface area is 193 Å². The van der Waals surface area contributed by atoms with Crippen LogP contribution in [0.1, 0.15) is 95.8 Å². The highest BCUT2D eigenvalue weighted by Gasteiger charge is 2.23. The Hall–Kier alpha value is -2.36. The molecule has 0 saturated carbocycles. The number of allylic oxidation sites excluding steroid dienone is 5. The monoisotopic (exact) mass is 442 g/mol. The third kappa shape index (κ3) is 7.08. The molecule has 1 aliphatic rings. The van der Waals surface area contributed by atoms with Crippen molar-refractivity contribution in [2.45, 2.75) is 79.1 Å². The number of benzene rings is 1. The summed E-state index contributed by atoms with van der Waals surface area (Å²) in [7, 11) is 0. The Bertz CT molecular complexity index is 875. The predicted octanol–water partition coefficient (Wildman–Crippen LogP) is 7.67. The first-order chi connectivity index (χ1) is 15.3. The quantitative estimate of drug-likeness (QED) is 0.153. The summed E-state index contributed by atoms with van der Waals surface area (Å²) >= 11 is 0. The van der Waals surface area contributed by atoms with Gasteiger partial charge in [0.05, 0.1) is 19.9 Å². The van der Waals surface area contributed by atoms with Crippen LogP contribution in [0.25, 0.3) is 5.57 Å². The minimum Gasteiger partial charge on any atom is -0.493 e. The van der Waals surface area contributed by atoms with Crippen LogP contribution in [-0.2, 0) is 9.53 Å². The van der Waals surface area contributed by atoms with Gasteiger partial charge in [0.2, 0.25) is 0 Å². The van der Waals surface area contributed by atoms with Crippen molar-refractivity contribution in [3.05, 3.63) is 58.2 Å². The van der Waals surface area contributed by atoms with Gasteiger partial charge in [0, 0.05) is 18.1 Å². The first kappa shape index (κ1) is 25.9. The van der Waals surface area contributed by atoms with E-state index in [-0.39, 0.29) is 12.6 Å². The Morgan fingerprint density at radius 2 is 1.91 bits per heavy atom. The second-order valence-electron chi connectivity index (χ2n) is 9.02. The molecule has 1 aromatic carbocycles. The molecular formula is C28H39FO3. The van der Waals surface area contributed by atoms with Crippen LogP contribution in [0.4, 0.5) is 4.39 Å². The largest absolute Gasteiger partial charge is 0.493 e. The summed E-state index contributed by atoms with van der Waals surface area (Å²) in [6.45, 7) is 12.9. The maximum Gasteiger partial charge on any atom is 0.330 e. The highest BCUT2D eigenvalue weighted by Crippen LogP contribution is 2.43. The summed E-state index contributed by atoms with van der Waals surface area (Å²) in [5.41, 5.74) is 7.05. The molecule has 0 fully saturated rings. The molecule has 0 aliphatic heterocycles. The van der Waals surface area contributed by atoms with Crippen molar-refractivity contribution in [3.63, 3.8) is 0 Å². The molecular weight excluding hydrogens is 403 g/mol. The van der Waals surface area contributed by atoms with E-state index >= 15 is 0 Å². The number of esters is 1. The van der Waals surface area contributed by atoms with E-state index in [0.717, 1.165) is 36.1 Å². The minimum absolute atomic E-state index is 0.309. The van der Waals surface area contributed by atoms with Gasteiger partial charge in [0.25, 0.3) is 0 Å². The van der Waals surface area contributed by atoms with E-state index in [2.05, 4.69) is 45.9 Å². The molecule has 32 heavy (non-hydrogen) atoms. The Balaban J connectivity index is 2.53. The van der Waals surface area contributed by atoms with Crippen molar-refractivity contribution in [1.29, 1.82) is 0 Å². The fraction of sp³-hybridized carbons (Fsp3) is 0.536. The first-order valence-electron chi connectivity index (χ1n) is 11.9. The predicted molar refractivity (Wildman–Crippen MR) is 131 cm³/mol. The first-order valence-corrected chi connectivity index (χ1v) is 11.9. The van der Waals surface area contributed by atoms with E-state index in [9.17, 15) is 9.18 Å². The van der Waals surface area contributed by atoms with Crippen molar-refractivity contribution in [3.8, 4) is 5.75 Å². The SMILES string of the molecule is CCOC(=O)/C=C(C)/C=C/C1=C(c2cc(C(C)C)cc(C(C)C)c2OCCCF)CCC1. The van der Waals surface area contributed by atoms with Gasteiger partial charge in [-0.3, -0.25) is 4.39 Å². The molecule has 0 heterocycles. The average molecular weight is 443 g/mol. The van der Waals surface area contributed by atoms with Crippen LogP contribution >= 0.6 is 0 Å². The van der Waals surface area contributed by atoms with Crippen molar-refractivity contribution in [1.82, 2.24) is 0 Å². The molecule has 0 atom stereocenters. The number of alkyl halides is 1. The lowest BCUT2D eigenvalue weighted by molar-refractivity contribution is -0.137. The van der Waals surface area contributed by atoms with Gasteiger partial charge in [-0.25, -0.2) is 4.79 Å². The van der Waals surface area contributed by atoms with Crippen LogP contribution in [-0.4, -0.2) is 25.9 Å². The number of halogens is 1. The van der Waals surface area contributed by atoms with E-state index < -0.39 is 0 Å². The maximum atomic E-state index is 12.8. The zero-order valence-corrected chi connectivity index (χ0v) is 20.6. The lowest BCUT2D eigenvalue weighted by Gasteiger charge is -2.22. The highest BCUT2D eigenvalue weighted by atomic mass is 19.1. The fourth-order valence-electron chi connectivity index (χ4n) is 3.96. The number of carbonyl (C=O) groups is 1. The Morgan fingerprint density at radius 1 is 1.16 bits per heavy atom. The van der Waals surface area contributed by atoms with Crippen molar-refractivity contribution >= 4 is 11.5 Å². The van der Waals surface area contributed by atoms with Gasteiger partial charge in [-0.05, 0) is 78.9 Å². The molecule has 2 rings (SSSR count). The van der Waals surface area contributed by atoms with Crippen molar-refractivity contribution < 1.29 is 18.7 Å². The van der Waals surface area contributed by atoms with Crippen LogP contribution in [0.3, 0.4) is 0 Å². The molecule has 0 bridgehead atoms. The Kier molecular flexibility index (Phi) is 10.2. The standard InChI is InChI=1S/C28H39FO3/c1-7-31-27(30)16-21(6)12-13-22-10-8-11-24(22)26-18-23(19(2)3)17-25(20(4)5)28(26)32-15-9-14-29/h12-13,16-20H,7-11,14-15H2,1-6H3/b13-12+,21-16+. The zero-order chi connectivity index (χ0) is 23.7. The summed E-state index contributed by atoms with van der Waals surface area (Å²) in [6.07, 6.45) is 9.09. The van der Waals surface area contributed by atoms with E-state index in [1.165, 1.54) is 28.3 Å². The van der Waals surface area contributed by atoms with Crippen LogP contribution in [0.2, 0.25) is 0 Å². The summed E-state index contributed by atoms with van der Waals surface area (Å²) < 4.78 is 24.0. The van der Waals surface area contributed by atoms with Gasteiger partial charge in [-0.15, -0.1) is 0 Å². The van der Waals surface area contributed by atoms with E-state index in [0.29, 0.717) is 31.5 Å². The molecule has 0 spiro atoms. The van der Waals surface area contributed by atoms with E-state index in [4.69, 9.17) is 9.47 Å². The second kappa shape index (κ2) is 12.6. The molecule has 0 unspecified atom stereocenters. The molecule has 0 amide bonds. The Morgan fingerprint density at radius 3 is 2.53 bits per heavy atom. The number of carbonyl (C=O) groups excluding carboxylic acids is 1. The molecule has 0 aromatic heterocycles. The number of hydrogen-bond donors (Lipinski definition) is 0. The third-order valence-electron chi connectivity index (χ3n) is 5.72. The van der Waals surface area contributed by atoms with Crippen LogP contribution in [0.15, 0.2) is 41.5 Å². The lowest BCUT2D eigenvalue weighted by Crippen LogP contribution is -2.07. The van der Waals surface area contributed by atoms with Gasteiger partial charge >= 0.3 is 5.97 Å². The summed E-state index contributed by atoms with van der Waals surface area (Å²) in [5.74, 6) is 1.30. The summed E-state index contributed by atoms with van der Waals surface area (Å²) in [5, 5.41) is 0. The molecule has 176 valence electrons. The lowest BCUT2D eigenvalue weighted by atomic mass is 9.88. The average Bonchev–Trinajstić information content (AvgIpc) is 3.20. The molecule has 4 heteroatoms. The molecule has 0 radical (unpaired) electrons. The van der Waals surface area contributed by atoms with E-state index in [1.807, 2.05) is 13.0 Å². The molecule has 1 aromatic rings. The normalized spacial score (nSPS) is 14.8. The van der Waals surface area contributed by atoms with Crippen LogP contribution in [0.5, 0.6) is 5.75 Å². The number of hydrogen-bond acceptors (Lipinski definition) is 3. The summed E-state index contributed by atoms with van der Waals surface area (Å²) in [4.78, 5) is 11.7. The number of rotatable bonds is 11. The van der Waals surface area contributed by atoms with Gasteiger partial charge in [-0.2, -0.15) is 0 Å². The third-order valence-corrected chi connectivity index (χ3v) is 5.72. The number of ether oxygens (including phenoxy) is 2. The van der Waals surface area contributed by atoms with Gasteiger partial charge < -0.3 is 9.47 Å². The fourth-order valence-corrected chi connectivity index (χ4v) is 3.96. The zero-order valence-electron chi connectivity index (χ0n) is 20.6. The summed E-state index contributed by atoms with van der Waals surface area (Å²) in [6, 6.07) is 4.51. The molecule has 3 nitrogen and oxygen atoms in total. The smallest absolute Gasteiger partial charge is 0.330 e. The molecule has 0 N–H and O–H groups in total. The van der Waals surface area contributed by atoms with Gasteiger partial charge in [0.15, 0.2) is 0 Å². The molecule has 0 saturated heterocycles. The van der Waals surface area contributed by atoms with E-state index in [1.54, 1.807) is 6.92 Å². The topological polar surface area (TPSA) is 35.5 Å². The van der Waals surface area contributed by atoms with Crippen molar-refractivity contribution in [2.75, 3.05) is 19.9 Å². The van der Waals surface area contributed by atoms with Crippen molar-refractivity contribution in [2.24, 2.45) is 0 Å². The second-order valence-corrected chi connectivity index (χ2v) is 9.02. The minimum atomic E-state index is -0.376. The van der Waals surface area contributed by atoms with Crippen LogP contribution in [0, 0.1) is 0 Å². The highest BCUT2D eigenvalue weighted by molar-refractivity contribution is 5.83. The van der Waals surface area contributed by atoms with Gasteiger partial charge in [-0.1, -0.05) is 45.9 Å². The van der Waals surface area contributed by atoms with Gasteiger partial charge in [0.1, 0.15) is 5.75 Å².